The second kappa shape index (κ2) is 4.59. The van der Waals surface area contributed by atoms with Crippen LogP contribution in [-0.4, -0.2) is 26.4 Å². The van der Waals surface area contributed by atoms with Gasteiger partial charge in [0.25, 0.3) is 0 Å². The highest BCUT2D eigenvalue weighted by atomic mass is 16.6. The quantitative estimate of drug-likeness (QED) is 0.618. The zero-order chi connectivity index (χ0) is 13.3. The molecule has 0 aromatic heterocycles. The van der Waals surface area contributed by atoms with Crippen molar-refractivity contribution in [3.63, 3.8) is 0 Å². The topological polar surface area (TPSA) is 57.1 Å². The van der Waals surface area contributed by atoms with Crippen LogP contribution in [0.1, 0.15) is 24.8 Å². The normalized spacial score (nSPS) is 19.0. The van der Waals surface area contributed by atoms with Gasteiger partial charge in [0, 0.05) is 11.6 Å². The number of benzene rings is 1. The molecule has 0 radical (unpaired) electrons. The van der Waals surface area contributed by atoms with E-state index in [4.69, 9.17) is 14.2 Å². The SMILES string of the molecule is COc1cc2c(cc1C1(N=C=O)CCC1)OCCO2. The second-order valence-electron chi connectivity index (χ2n) is 4.78. The average molecular weight is 261 g/mol. The molecule has 5 nitrogen and oxygen atoms in total. The Morgan fingerprint density at radius 3 is 2.47 bits per heavy atom. The fourth-order valence-electron chi connectivity index (χ4n) is 2.64. The first kappa shape index (κ1) is 12.1. The molecule has 1 fully saturated rings. The summed E-state index contributed by atoms with van der Waals surface area (Å²) in [6, 6.07) is 3.69. The van der Waals surface area contributed by atoms with Crippen molar-refractivity contribution in [3.05, 3.63) is 17.7 Å². The van der Waals surface area contributed by atoms with Crippen LogP contribution in [-0.2, 0) is 10.3 Å². The van der Waals surface area contributed by atoms with E-state index >= 15 is 0 Å². The van der Waals surface area contributed by atoms with Crippen molar-refractivity contribution < 1.29 is 19.0 Å². The third-order valence-corrected chi connectivity index (χ3v) is 3.81. The molecule has 0 bridgehead atoms. The minimum atomic E-state index is -0.497. The van der Waals surface area contributed by atoms with E-state index in [0.29, 0.717) is 30.5 Å². The molecule has 0 saturated heterocycles. The van der Waals surface area contributed by atoms with Gasteiger partial charge in [-0.15, -0.1) is 0 Å². The minimum Gasteiger partial charge on any atom is -0.496 e. The monoisotopic (exact) mass is 261 g/mol. The van der Waals surface area contributed by atoms with Crippen LogP contribution in [0.25, 0.3) is 0 Å². The third kappa shape index (κ3) is 1.87. The Balaban J connectivity index is 2.11. The predicted octanol–water partition coefficient (Wildman–Crippen LogP) is 2.18. The van der Waals surface area contributed by atoms with Gasteiger partial charge < -0.3 is 14.2 Å². The fraction of sp³-hybridized carbons (Fsp3) is 0.500. The van der Waals surface area contributed by atoms with E-state index < -0.39 is 5.54 Å². The summed E-state index contributed by atoms with van der Waals surface area (Å²) < 4.78 is 16.5. The summed E-state index contributed by atoms with van der Waals surface area (Å²) in [5.41, 5.74) is 0.386. The highest BCUT2D eigenvalue weighted by molar-refractivity contribution is 5.55. The molecule has 0 N–H and O–H groups in total. The molecular weight excluding hydrogens is 246 g/mol. The maximum atomic E-state index is 10.7. The summed E-state index contributed by atoms with van der Waals surface area (Å²) in [6.45, 7) is 1.07. The molecule has 100 valence electrons. The molecule has 1 saturated carbocycles. The molecule has 2 aliphatic rings. The lowest BCUT2D eigenvalue weighted by Crippen LogP contribution is -2.32. The van der Waals surface area contributed by atoms with Gasteiger partial charge in [-0.25, -0.2) is 4.79 Å². The number of carbonyl (C=O) groups excluding carboxylic acids is 1. The summed E-state index contributed by atoms with van der Waals surface area (Å²) in [6.07, 6.45) is 4.40. The zero-order valence-corrected chi connectivity index (χ0v) is 10.8. The Labute approximate surface area is 111 Å². The lowest BCUT2D eigenvalue weighted by atomic mass is 9.72. The van der Waals surface area contributed by atoms with Gasteiger partial charge in [0.1, 0.15) is 24.5 Å². The molecule has 0 spiro atoms. The van der Waals surface area contributed by atoms with E-state index in [1.165, 1.54) is 0 Å². The molecule has 1 heterocycles. The van der Waals surface area contributed by atoms with Crippen LogP contribution in [0.15, 0.2) is 17.1 Å². The number of hydrogen-bond acceptors (Lipinski definition) is 5. The molecule has 19 heavy (non-hydrogen) atoms. The molecule has 3 rings (SSSR count). The summed E-state index contributed by atoms with van der Waals surface area (Å²) in [4.78, 5) is 14.7. The third-order valence-electron chi connectivity index (χ3n) is 3.81. The van der Waals surface area contributed by atoms with Gasteiger partial charge in [0.15, 0.2) is 11.5 Å². The molecule has 1 aromatic carbocycles. The Bertz CT molecular complexity index is 545. The van der Waals surface area contributed by atoms with Crippen molar-refractivity contribution >= 4 is 6.08 Å². The minimum absolute atomic E-state index is 0.497. The van der Waals surface area contributed by atoms with Crippen molar-refractivity contribution in [1.82, 2.24) is 0 Å². The Morgan fingerprint density at radius 1 is 1.26 bits per heavy atom. The fourth-order valence-corrected chi connectivity index (χ4v) is 2.64. The molecule has 1 aliphatic carbocycles. The summed E-state index contributed by atoms with van der Waals surface area (Å²) in [5.74, 6) is 2.05. The Hall–Kier alpha value is -2.00. The molecule has 5 heteroatoms. The highest BCUT2D eigenvalue weighted by Gasteiger charge is 2.42. The van der Waals surface area contributed by atoms with Gasteiger partial charge in [0.2, 0.25) is 6.08 Å². The van der Waals surface area contributed by atoms with Crippen molar-refractivity contribution in [1.29, 1.82) is 0 Å². The molecule has 0 amide bonds. The van der Waals surface area contributed by atoms with E-state index in [2.05, 4.69) is 4.99 Å². The van der Waals surface area contributed by atoms with Crippen molar-refractivity contribution in [3.8, 4) is 17.2 Å². The van der Waals surface area contributed by atoms with Crippen LogP contribution < -0.4 is 14.2 Å². The van der Waals surface area contributed by atoms with Gasteiger partial charge in [-0.05, 0) is 25.3 Å². The van der Waals surface area contributed by atoms with Crippen LogP contribution in [0.3, 0.4) is 0 Å². The Kier molecular flexibility index (Phi) is 2.91. The van der Waals surface area contributed by atoms with Gasteiger partial charge in [0.05, 0.1) is 7.11 Å². The van der Waals surface area contributed by atoms with E-state index in [9.17, 15) is 4.79 Å². The summed E-state index contributed by atoms with van der Waals surface area (Å²) in [7, 11) is 1.60. The number of fused-ring (bicyclic) bond motifs is 1. The number of isocyanates is 1. The summed E-state index contributed by atoms with van der Waals surface area (Å²) in [5, 5.41) is 0. The standard InChI is InChI=1S/C14H15NO4/c1-17-11-8-13-12(18-5-6-19-13)7-10(11)14(15-9-16)3-2-4-14/h7-8H,2-6H2,1H3. The lowest BCUT2D eigenvalue weighted by molar-refractivity contribution is 0.168. The summed E-state index contributed by atoms with van der Waals surface area (Å²) >= 11 is 0. The maximum absolute atomic E-state index is 10.7. The van der Waals surface area contributed by atoms with Gasteiger partial charge in [-0.1, -0.05) is 0 Å². The zero-order valence-electron chi connectivity index (χ0n) is 10.8. The van der Waals surface area contributed by atoms with E-state index in [1.54, 1.807) is 13.2 Å². The largest absolute Gasteiger partial charge is 0.496 e. The van der Waals surface area contributed by atoms with Crippen LogP contribution in [0.4, 0.5) is 0 Å². The van der Waals surface area contributed by atoms with Crippen molar-refractivity contribution in [2.45, 2.75) is 24.8 Å². The molecule has 0 unspecified atom stereocenters. The van der Waals surface area contributed by atoms with Gasteiger partial charge in [-0.2, -0.15) is 4.99 Å². The van der Waals surface area contributed by atoms with Crippen LogP contribution in [0.2, 0.25) is 0 Å². The lowest BCUT2D eigenvalue weighted by Gasteiger charge is -2.38. The molecular formula is C14H15NO4. The number of methoxy groups -OCH3 is 1. The first-order valence-corrected chi connectivity index (χ1v) is 6.36. The van der Waals surface area contributed by atoms with Gasteiger partial charge >= 0.3 is 0 Å². The van der Waals surface area contributed by atoms with E-state index in [0.717, 1.165) is 24.8 Å². The van der Waals surface area contributed by atoms with Crippen molar-refractivity contribution in [2.75, 3.05) is 20.3 Å². The van der Waals surface area contributed by atoms with Crippen LogP contribution in [0, 0.1) is 0 Å². The van der Waals surface area contributed by atoms with Crippen LogP contribution in [0.5, 0.6) is 17.2 Å². The van der Waals surface area contributed by atoms with E-state index in [1.807, 2.05) is 12.1 Å². The Morgan fingerprint density at radius 2 is 1.95 bits per heavy atom. The number of nitrogens with zero attached hydrogens (tertiary/aromatic N) is 1. The molecule has 1 aromatic rings. The van der Waals surface area contributed by atoms with Crippen LogP contribution >= 0.6 is 0 Å². The molecule has 0 atom stereocenters. The first-order chi connectivity index (χ1) is 9.29. The first-order valence-electron chi connectivity index (χ1n) is 6.36. The van der Waals surface area contributed by atoms with E-state index in [-0.39, 0.29) is 0 Å². The smallest absolute Gasteiger partial charge is 0.235 e. The number of ether oxygens (including phenoxy) is 3. The predicted molar refractivity (Wildman–Crippen MR) is 67.6 cm³/mol. The average Bonchev–Trinajstić information content (AvgIpc) is 2.41. The number of rotatable bonds is 3. The second-order valence-corrected chi connectivity index (χ2v) is 4.78. The number of hydrogen-bond donors (Lipinski definition) is 0. The molecule has 1 aliphatic heterocycles. The van der Waals surface area contributed by atoms with Crippen molar-refractivity contribution in [2.24, 2.45) is 4.99 Å². The number of aliphatic imine (C=N–C) groups is 1. The maximum Gasteiger partial charge on any atom is 0.235 e. The highest BCUT2D eigenvalue weighted by Crippen LogP contribution is 2.51. The van der Waals surface area contributed by atoms with Gasteiger partial charge in [-0.3, -0.25) is 0 Å².